The molecular formula is C12H10FN2+. The van der Waals surface area contributed by atoms with Gasteiger partial charge in [0.25, 0.3) is 0 Å². The van der Waals surface area contributed by atoms with E-state index >= 15 is 0 Å². The third kappa shape index (κ3) is 1.13. The van der Waals surface area contributed by atoms with Crippen molar-refractivity contribution >= 4 is 21.9 Å². The van der Waals surface area contributed by atoms with Crippen molar-refractivity contribution in [3.05, 3.63) is 42.3 Å². The summed E-state index contributed by atoms with van der Waals surface area (Å²) in [5, 5.41) is 0.924. The molecule has 74 valence electrons. The van der Waals surface area contributed by atoms with E-state index in [1.807, 2.05) is 29.9 Å². The lowest BCUT2D eigenvalue weighted by atomic mass is 10.2. The average Bonchev–Trinajstić information content (AvgIpc) is 2.57. The van der Waals surface area contributed by atoms with E-state index < -0.39 is 0 Å². The summed E-state index contributed by atoms with van der Waals surface area (Å²) in [4.78, 5) is 3.26. The Kier molecular flexibility index (Phi) is 1.57. The second-order valence-electron chi connectivity index (χ2n) is 3.70. The third-order valence-electron chi connectivity index (χ3n) is 2.69. The van der Waals surface area contributed by atoms with Crippen molar-refractivity contribution in [2.24, 2.45) is 7.05 Å². The first-order valence-corrected chi connectivity index (χ1v) is 4.81. The number of pyridine rings is 1. The molecule has 2 nitrogen and oxygen atoms in total. The molecule has 15 heavy (non-hydrogen) atoms. The number of fused-ring (bicyclic) bond motifs is 3. The van der Waals surface area contributed by atoms with Crippen LogP contribution < -0.4 is 4.57 Å². The first kappa shape index (κ1) is 8.41. The molecule has 0 aliphatic carbocycles. The van der Waals surface area contributed by atoms with Crippen LogP contribution in [0.3, 0.4) is 0 Å². The Labute approximate surface area is 86.0 Å². The van der Waals surface area contributed by atoms with Gasteiger partial charge in [-0.3, -0.25) is 0 Å². The van der Waals surface area contributed by atoms with Crippen LogP contribution in [0.15, 0.2) is 36.5 Å². The van der Waals surface area contributed by atoms with E-state index in [9.17, 15) is 4.39 Å². The molecule has 3 heteroatoms. The van der Waals surface area contributed by atoms with E-state index in [1.165, 1.54) is 6.07 Å². The number of benzene rings is 1. The lowest BCUT2D eigenvalue weighted by Crippen LogP contribution is -2.27. The minimum absolute atomic E-state index is 0.202. The maximum atomic E-state index is 13.2. The highest BCUT2D eigenvalue weighted by atomic mass is 19.1. The van der Waals surface area contributed by atoms with Crippen molar-refractivity contribution in [2.75, 3.05) is 0 Å². The highest BCUT2D eigenvalue weighted by molar-refractivity contribution is 6.02. The summed E-state index contributed by atoms with van der Waals surface area (Å²) < 4.78 is 15.1. The molecule has 0 aliphatic rings. The van der Waals surface area contributed by atoms with Crippen molar-refractivity contribution in [3.8, 4) is 0 Å². The molecule has 1 N–H and O–H groups in total. The van der Waals surface area contributed by atoms with Gasteiger partial charge in [-0.2, -0.15) is 4.57 Å². The Morgan fingerprint density at radius 3 is 2.93 bits per heavy atom. The molecule has 3 rings (SSSR count). The number of aromatic nitrogens is 2. The highest BCUT2D eigenvalue weighted by Crippen LogP contribution is 2.22. The molecule has 0 spiro atoms. The van der Waals surface area contributed by atoms with E-state index in [0.29, 0.717) is 0 Å². The molecule has 2 aromatic heterocycles. The normalized spacial score (nSPS) is 11.3. The zero-order valence-corrected chi connectivity index (χ0v) is 8.29. The Hall–Kier alpha value is -1.90. The molecular weight excluding hydrogens is 191 g/mol. The molecule has 3 aromatic rings. The molecule has 0 bridgehead atoms. The van der Waals surface area contributed by atoms with Crippen molar-refractivity contribution in [2.45, 2.75) is 0 Å². The fraction of sp³-hybridized carbons (Fsp3) is 0.0833. The SMILES string of the molecule is C[n+]1cccc2[nH]c3ccc(F)cc3c21. The highest BCUT2D eigenvalue weighted by Gasteiger charge is 2.12. The van der Waals surface area contributed by atoms with Crippen LogP contribution in [0, 0.1) is 5.82 Å². The van der Waals surface area contributed by atoms with Gasteiger partial charge in [0.15, 0.2) is 6.20 Å². The zero-order chi connectivity index (χ0) is 10.4. The number of aryl methyl sites for hydroxylation is 1. The minimum atomic E-state index is -0.202. The summed E-state index contributed by atoms with van der Waals surface area (Å²) in [5.41, 5.74) is 3.03. The molecule has 0 aliphatic heterocycles. The molecule has 0 amide bonds. The molecule has 0 fully saturated rings. The quantitative estimate of drug-likeness (QED) is 0.538. The number of nitrogens with one attached hydrogen (secondary N) is 1. The lowest BCUT2D eigenvalue weighted by molar-refractivity contribution is -0.644. The van der Waals surface area contributed by atoms with Gasteiger partial charge >= 0.3 is 0 Å². The number of H-pyrrole nitrogens is 1. The summed E-state index contributed by atoms with van der Waals surface area (Å²) >= 11 is 0. The molecule has 0 saturated heterocycles. The van der Waals surface area contributed by atoms with Crippen LogP contribution in [0.25, 0.3) is 21.9 Å². The Bertz CT molecular complexity index is 655. The van der Waals surface area contributed by atoms with Crippen molar-refractivity contribution in [1.29, 1.82) is 0 Å². The number of nitrogens with zero attached hydrogens (tertiary/aromatic N) is 1. The predicted octanol–water partition coefficient (Wildman–Crippen LogP) is 2.28. The molecule has 2 heterocycles. The van der Waals surface area contributed by atoms with Gasteiger partial charge in [0.1, 0.15) is 18.4 Å². The first-order chi connectivity index (χ1) is 7.25. The number of halogens is 1. The van der Waals surface area contributed by atoms with Crippen molar-refractivity contribution in [3.63, 3.8) is 0 Å². The summed E-state index contributed by atoms with van der Waals surface area (Å²) in [6.45, 7) is 0. The number of hydrogen-bond acceptors (Lipinski definition) is 0. The van der Waals surface area contributed by atoms with Gasteiger partial charge in [-0.05, 0) is 24.3 Å². The zero-order valence-electron chi connectivity index (χ0n) is 8.29. The number of hydrogen-bond donors (Lipinski definition) is 1. The van der Waals surface area contributed by atoms with Crippen LogP contribution in [-0.2, 0) is 7.05 Å². The van der Waals surface area contributed by atoms with Crippen molar-refractivity contribution < 1.29 is 8.96 Å². The minimum Gasteiger partial charge on any atom is -0.349 e. The van der Waals surface area contributed by atoms with Crippen LogP contribution in [0.5, 0.6) is 0 Å². The largest absolute Gasteiger partial charge is 0.349 e. The first-order valence-electron chi connectivity index (χ1n) is 4.81. The second-order valence-corrected chi connectivity index (χ2v) is 3.70. The standard InChI is InChI=1S/C12H9FN2/c1-15-6-2-3-11-12(15)9-7-8(13)4-5-10(9)14-11/h2-7H,1H3/p+1. The number of aromatic amines is 1. The van der Waals surface area contributed by atoms with Crippen molar-refractivity contribution in [1.82, 2.24) is 4.98 Å². The van der Waals surface area contributed by atoms with Crippen LogP contribution in [0.2, 0.25) is 0 Å². The topological polar surface area (TPSA) is 19.7 Å². The van der Waals surface area contributed by atoms with E-state index in [-0.39, 0.29) is 5.82 Å². The molecule has 0 unspecified atom stereocenters. The van der Waals surface area contributed by atoms with E-state index in [0.717, 1.165) is 21.9 Å². The summed E-state index contributed by atoms with van der Waals surface area (Å²) in [7, 11) is 1.96. The van der Waals surface area contributed by atoms with Crippen LogP contribution in [0.4, 0.5) is 4.39 Å². The van der Waals surface area contributed by atoms with Gasteiger partial charge in [-0.1, -0.05) is 0 Å². The summed E-state index contributed by atoms with van der Waals surface area (Å²) in [5.74, 6) is -0.202. The smallest absolute Gasteiger partial charge is 0.238 e. The lowest BCUT2D eigenvalue weighted by Gasteiger charge is -1.90. The van der Waals surface area contributed by atoms with Crippen LogP contribution in [0.1, 0.15) is 0 Å². The van der Waals surface area contributed by atoms with Gasteiger partial charge in [-0.15, -0.1) is 0 Å². The maximum Gasteiger partial charge on any atom is 0.238 e. The molecule has 0 saturated carbocycles. The molecule has 0 radical (unpaired) electrons. The van der Waals surface area contributed by atoms with Crippen LogP contribution >= 0.6 is 0 Å². The van der Waals surface area contributed by atoms with Gasteiger partial charge in [0.2, 0.25) is 5.52 Å². The summed E-state index contributed by atoms with van der Waals surface area (Å²) in [6, 6.07) is 8.76. The average molecular weight is 201 g/mol. The van der Waals surface area contributed by atoms with Crippen LogP contribution in [-0.4, -0.2) is 4.98 Å². The third-order valence-corrected chi connectivity index (χ3v) is 2.69. The summed E-state index contributed by atoms with van der Waals surface area (Å²) in [6.07, 6.45) is 1.96. The number of rotatable bonds is 0. The fourth-order valence-electron chi connectivity index (χ4n) is 2.01. The Morgan fingerprint density at radius 2 is 2.07 bits per heavy atom. The van der Waals surface area contributed by atoms with Gasteiger partial charge in [0.05, 0.1) is 10.9 Å². The van der Waals surface area contributed by atoms with Gasteiger partial charge in [0, 0.05) is 6.07 Å². The maximum absolute atomic E-state index is 13.2. The molecule has 1 aromatic carbocycles. The van der Waals surface area contributed by atoms with E-state index in [4.69, 9.17) is 0 Å². The second kappa shape index (κ2) is 2.79. The van der Waals surface area contributed by atoms with E-state index in [1.54, 1.807) is 12.1 Å². The van der Waals surface area contributed by atoms with Gasteiger partial charge in [-0.25, -0.2) is 4.39 Å². The predicted molar refractivity (Wildman–Crippen MR) is 56.9 cm³/mol. The fourth-order valence-corrected chi connectivity index (χ4v) is 2.01. The Balaban J connectivity index is 2.61. The van der Waals surface area contributed by atoms with E-state index in [2.05, 4.69) is 4.98 Å². The monoisotopic (exact) mass is 201 g/mol. The molecule has 0 atom stereocenters. The van der Waals surface area contributed by atoms with Gasteiger partial charge < -0.3 is 4.98 Å². The Morgan fingerprint density at radius 1 is 1.20 bits per heavy atom.